The van der Waals surface area contributed by atoms with Gasteiger partial charge in [-0.2, -0.15) is 9.78 Å². The molecule has 3 rings (SSSR count). The third-order valence-corrected chi connectivity index (χ3v) is 3.25. The first-order valence-electron chi connectivity index (χ1n) is 5.35. The number of rotatable bonds is 2. The smallest absolute Gasteiger partial charge is 0.437 e. The van der Waals surface area contributed by atoms with Crippen molar-refractivity contribution in [3.8, 4) is 10.2 Å². The molecule has 3 heterocycles. The number of nitrogens with zero attached hydrogens (tertiary/aromatic N) is 5. The van der Waals surface area contributed by atoms with Gasteiger partial charge in [-0.25, -0.2) is 19.7 Å². The average molecular weight is 292 g/mol. The summed E-state index contributed by atoms with van der Waals surface area (Å²) in [5.41, 5.74) is 6.25. The fourth-order valence-corrected chi connectivity index (χ4v) is 2.24. The zero-order valence-electron chi connectivity index (χ0n) is 10.2. The van der Waals surface area contributed by atoms with Crippen LogP contribution in [0.4, 0.5) is 10.6 Å². The van der Waals surface area contributed by atoms with Gasteiger partial charge in [0.05, 0.1) is 24.9 Å². The highest BCUT2D eigenvalue weighted by molar-refractivity contribution is 7.15. The molecule has 0 aromatic carbocycles. The second-order valence-corrected chi connectivity index (χ2v) is 4.54. The minimum atomic E-state index is -0.808. The van der Waals surface area contributed by atoms with Crippen molar-refractivity contribution >= 4 is 34.3 Å². The van der Waals surface area contributed by atoms with Crippen molar-refractivity contribution in [1.82, 2.24) is 24.7 Å². The van der Waals surface area contributed by atoms with E-state index in [0.717, 1.165) is 11.3 Å². The summed E-state index contributed by atoms with van der Waals surface area (Å²) in [6.45, 7) is 0. The molecule has 0 aliphatic carbocycles. The Morgan fingerprint density at radius 1 is 1.35 bits per heavy atom. The van der Waals surface area contributed by atoms with Crippen LogP contribution in [0.15, 0.2) is 18.7 Å². The van der Waals surface area contributed by atoms with Gasteiger partial charge in [-0.3, -0.25) is 0 Å². The molecule has 9 nitrogen and oxygen atoms in total. The quantitative estimate of drug-likeness (QED) is 0.695. The molecule has 0 spiro atoms. The predicted molar refractivity (Wildman–Crippen MR) is 69.8 cm³/mol. The Kier molecular flexibility index (Phi) is 2.91. The number of anilines is 1. The highest BCUT2D eigenvalue weighted by Gasteiger charge is 2.14. The number of fused-ring (bicyclic) bond motifs is 1. The maximum atomic E-state index is 11.0. The summed E-state index contributed by atoms with van der Waals surface area (Å²) in [6.07, 6.45) is 3.48. The molecule has 0 fully saturated rings. The van der Waals surface area contributed by atoms with E-state index in [4.69, 9.17) is 10.5 Å². The molecule has 0 atom stereocenters. The Hall–Kier alpha value is -2.75. The number of thiazole rings is 1. The average Bonchev–Trinajstić information content (AvgIpc) is 3.05. The number of carbonyl (C=O) groups excluding carboxylic acids is 1. The molecule has 0 amide bonds. The molecule has 0 saturated carbocycles. The number of hydrogen-bond acceptors (Lipinski definition) is 9. The lowest BCUT2D eigenvalue weighted by Crippen LogP contribution is -2.05. The maximum absolute atomic E-state index is 11.0. The Labute approximate surface area is 116 Å². The Balaban J connectivity index is 1.99. The predicted octanol–water partition coefficient (Wildman–Crippen LogP) is 0.999. The first-order chi connectivity index (χ1) is 9.69. The minimum Gasteiger partial charge on any atom is -0.437 e. The van der Waals surface area contributed by atoms with Crippen LogP contribution in [-0.2, 0) is 4.74 Å². The van der Waals surface area contributed by atoms with Crippen LogP contribution < -0.4 is 10.5 Å². The fourth-order valence-electron chi connectivity index (χ4n) is 1.52. The standard InChI is InChI=1S/C10H8N6O3S/c1-18-10(17)19-6-3-12-9(20-6)16-8-5(2-15-16)7(11)13-4-14-8/h2-4H,1H3,(H2,11,13,14). The monoisotopic (exact) mass is 292 g/mol. The van der Waals surface area contributed by atoms with Gasteiger partial charge in [-0.05, 0) is 0 Å². The summed E-state index contributed by atoms with van der Waals surface area (Å²) in [6, 6.07) is 0. The van der Waals surface area contributed by atoms with Crippen LogP contribution in [0.25, 0.3) is 16.2 Å². The molecule has 2 N–H and O–H groups in total. The number of carbonyl (C=O) groups is 1. The van der Waals surface area contributed by atoms with E-state index in [1.54, 1.807) is 6.20 Å². The molecular formula is C10H8N6O3S. The molecule has 3 aromatic heterocycles. The molecular weight excluding hydrogens is 284 g/mol. The SMILES string of the molecule is COC(=O)Oc1cnc(-n2ncc3c(N)ncnc32)s1. The molecule has 0 unspecified atom stereocenters. The van der Waals surface area contributed by atoms with Gasteiger partial charge in [-0.15, -0.1) is 0 Å². The van der Waals surface area contributed by atoms with E-state index in [1.165, 1.54) is 24.3 Å². The van der Waals surface area contributed by atoms with Crippen LogP contribution in [0.2, 0.25) is 0 Å². The molecule has 0 aliphatic rings. The largest absolute Gasteiger partial charge is 0.514 e. The first-order valence-corrected chi connectivity index (χ1v) is 6.17. The lowest BCUT2D eigenvalue weighted by atomic mass is 10.4. The van der Waals surface area contributed by atoms with Crippen LogP contribution in [-0.4, -0.2) is 38.0 Å². The Morgan fingerprint density at radius 2 is 2.20 bits per heavy atom. The van der Waals surface area contributed by atoms with Gasteiger partial charge < -0.3 is 15.2 Å². The van der Waals surface area contributed by atoms with Crippen molar-refractivity contribution in [1.29, 1.82) is 0 Å². The van der Waals surface area contributed by atoms with E-state index >= 15 is 0 Å². The second kappa shape index (κ2) is 4.74. The van der Waals surface area contributed by atoms with Crippen LogP contribution in [0.5, 0.6) is 5.06 Å². The first kappa shape index (κ1) is 12.3. The number of nitrogen functional groups attached to an aromatic ring is 1. The lowest BCUT2D eigenvalue weighted by Gasteiger charge is -1.98. The number of ether oxygens (including phenoxy) is 2. The number of hydrogen-bond donors (Lipinski definition) is 1. The summed E-state index contributed by atoms with van der Waals surface area (Å²) in [5.74, 6) is 0.337. The zero-order valence-corrected chi connectivity index (χ0v) is 11.0. The summed E-state index contributed by atoms with van der Waals surface area (Å²) in [5, 5.41) is 5.55. The van der Waals surface area contributed by atoms with Gasteiger partial charge in [-0.1, -0.05) is 11.3 Å². The third kappa shape index (κ3) is 2.01. The van der Waals surface area contributed by atoms with Gasteiger partial charge >= 0.3 is 6.16 Å². The van der Waals surface area contributed by atoms with E-state index in [0.29, 0.717) is 22.0 Å². The lowest BCUT2D eigenvalue weighted by molar-refractivity contribution is 0.122. The topological polar surface area (TPSA) is 118 Å². The minimum absolute atomic E-state index is 0.289. The normalized spacial score (nSPS) is 10.7. The van der Waals surface area contributed by atoms with Gasteiger partial charge in [0.1, 0.15) is 12.1 Å². The summed E-state index contributed by atoms with van der Waals surface area (Å²) in [7, 11) is 1.23. The molecule has 10 heteroatoms. The molecule has 0 aliphatic heterocycles. The molecule has 0 radical (unpaired) electrons. The van der Waals surface area contributed by atoms with Gasteiger partial charge in [0.2, 0.25) is 10.2 Å². The molecule has 102 valence electrons. The Bertz CT molecular complexity index is 782. The fraction of sp³-hybridized carbons (Fsp3) is 0.100. The third-order valence-electron chi connectivity index (χ3n) is 2.40. The molecule has 20 heavy (non-hydrogen) atoms. The van der Waals surface area contributed by atoms with E-state index in [1.807, 2.05) is 0 Å². The number of methoxy groups -OCH3 is 1. The van der Waals surface area contributed by atoms with E-state index in [9.17, 15) is 4.79 Å². The van der Waals surface area contributed by atoms with Crippen LogP contribution in [0, 0.1) is 0 Å². The van der Waals surface area contributed by atoms with Crippen molar-refractivity contribution in [3.05, 3.63) is 18.7 Å². The maximum Gasteiger partial charge on any atom is 0.514 e. The van der Waals surface area contributed by atoms with Crippen LogP contribution >= 0.6 is 11.3 Å². The van der Waals surface area contributed by atoms with Crippen molar-refractivity contribution in [2.24, 2.45) is 0 Å². The molecule has 0 bridgehead atoms. The van der Waals surface area contributed by atoms with Crippen molar-refractivity contribution in [2.75, 3.05) is 12.8 Å². The summed E-state index contributed by atoms with van der Waals surface area (Å²) >= 11 is 1.12. The second-order valence-electron chi connectivity index (χ2n) is 3.57. The Morgan fingerprint density at radius 3 is 3.00 bits per heavy atom. The summed E-state index contributed by atoms with van der Waals surface area (Å²) in [4.78, 5) is 23.1. The summed E-state index contributed by atoms with van der Waals surface area (Å²) < 4.78 is 10.8. The van der Waals surface area contributed by atoms with Gasteiger partial charge in [0.15, 0.2) is 5.65 Å². The van der Waals surface area contributed by atoms with E-state index in [2.05, 4.69) is 24.8 Å². The zero-order chi connectivity index (χ0) is 14.1. The molecule has 3 aromatic rings. The highest BCUT2D eigenvalue weighted by Crippen LogP contribution is 2.27. The highest BCUT2D eigenvalue weighted by atomic mass is 32.1. The van der Waals surface area contributed by atoms with Crippen LogP contribution in [0.1, 0.15) is 0 Å². The van der Waals surface area contributed by atoms with Crippen molar-refractivity contribution in [2.45, 2.75) is 0 Å². The van der Waals surface area contributed by atoms with Crippen LogP contribution in [0.3, 0.4) is 0 Å². The van der Waals surface area contributed by atoms with Gasteiger partial charge in [0.25, 0.3) is 0 Å². The molecule has 0 saturated heterocycles. The van der Waals surface area contributed by atoms with Crippen molar-refractivity contribution < 1.29 is 14.3 Å². The van der Waals surface area contributed by atoms with E-state index in [-0.39, 0.29) is 5.06 Å². The van der Waals surface area contributed by atoms with E-state index < -0.39 is 6.16 Å². The number of nitrogens with two attached hydrogens (primary N) is 1. The van der Waals surface area contributed by atoms with Crippen molar-refractivity contribution in [3.63, 3.8) is 0 Å². The number of aromatic nitrogens is 5. The van der Waals surface area contributed by atoms with Gasteiger partial charge in [0, 0.05) is 0 Å².